The van der Waals surface area contributed by atoms with Crippen molar-refractivity contribution in [1.82, 2.24) is 5.32 Å². The monoisotopic (exact) mass is 225 g/mol. The molecule has 0 aromatic carbocycles. The summed E-state index contributed by atoms with van der Waals surface area (Å²) in [5.41, 5.74) is 0. The first-order valence-corrected chi connectivity index (χ1v) is 7.16. The van der Waals surface area contributed by atoms with E-state index in [1.165, 1.54) is 32.1 Å². The van der Waals surface area contributed by atoms with E-state index in [0.29, 0.717) is 6.04 Å². The van der Waals surface area contributed by atoms with E-state index in [2.05, 4.69) is 19.2 Å². The Kier molecular flexibility index (Phi) is 4.66. The summed E-state index contributed by atoms with van der Waals surface area (Å²) >= 11 is 0. The molecular weight excluding hydrogens is 198 g/mol. The number of nitrogens with one attached hydrogen (secondary N) is 1. The van der Waals surface area contributed by atoms with Crippen molar-refractivity contribution in [2.75, 3.05) is 19.8 Å². The Morgan fingerprint density at radius 2 is 2.12 bits per heavy atom. The minimum atomic E-state index is 0.621. The summed E-state index contributed by atoms with van der Waals surface area (Å²) in [6, 6.07) is 0.621. The zero-order chi connectivity index (χ0) is 11.4. The van der Waals surface area contributed by atoms with E-state index in [-0.39, 0.29) is 0 Å². The Morgan fingerprint density at radius 1 is 1.25 bits per heavy atom. The first kappa shape index (κ1) is 12.4. The van der Waals surface area contributed by atoms with Crippen molar-refractivity contribution in [1.29, 1.82) is 0 Å². The van der Waals surface area contributed by atoms with Crippen LogP contribution in [0.3, 0.4) is 0 Å². The van der Waals surface area contributed by atoms with Crippen LogP contribution in [0.25, 0.3) is 0 Å². The first-order chi connectivity index (χ1) is 7.85. The van der Waals surface area contributed by atoms with Gasteiger partial charge < -0.3 is 10.1 Å². The molecular formula is C14H27NO. The van der Waals surface area contributed by atoms with E-state index >= 15 is 0 Å². The summed E-state index contributed by atoms with van der Waals surface area (Å²) in [7, 11) is 0. The maximum absolute atomic E-state index is 5.65. The van der Waals surface area contributed by atoms with Gasteiger partial charge >= 0.3 is 0 Å². The second kappa shape index (κ2) is 6.02. The predicted molar refractivity (Wildman–Crippen MR) is 67.5 cm³/mol. The van der Waals surface area contributed by atoms with Gasteiger partial charge in [0.25, 0.3) is 0 Å². The lowest BCUT2D eigenvalue weighted by atomic mass is 9.83. The molecule has 2 nitrogen and oxygen atoms in total. The van der Waals surface area contributed by atoms with Crippen molar-refractivity contribution in [3.8, 4) is 0 Å². The molecule has 2 heteroatoms. The summed E-state index contributed by atoms with van der Waals surface area (Å²) < 4.78 is 5.65. The molecule has 2 bridgehead atoms. The summed E-state index contributed by atoms with van der Waals surface area (Å²) in [5.74, 6) is 2.94. The van der Waals surface area contributed by atoms with Crippen LogP contribution in [-0.4, -0.2) is 25.8 Å². The van der Waals surface area contributed by atoms with Gasteiger partial charge in [0.2, 0.25) is 0 Å². The average molecular weight is 225 g/mol. The molecule has 2 aliphatic rings. The third kappa shape index (κ3) is 2.78. The highest BCUT2D eigenvalue weighted by Gasteiger charge is 2.42. The van der Waals surface area contributed by atoms with E-state index in [9.17, 15) is 0 Å². The van der Waals surface area contributed by atoms with Crippen molar-refractivity contribution in [2.24, 2.45) is 17.8 Å². The topological polar surface area (TPSA) is 21.3 Å². The van der Waals surface area contributed by atoms with E-state index < -0.39 is 0 Å². The van der Waals surface area contributed by atoms with Crippen LogP contribution in [0.1, 0.15) is 46.0 Å². The maximum Gasteiger partial charge on any atom is 0.0622 e. The summed E-state index contributed by atoms with van der Waals surface area (Å²) in [6.07, 6.45) is 7.16. The fraction of sp³-hybridized carbons (Fsp3) is 1.00. The molecule has 4 atom stereocenters. The van der Waals surface area contributed by atoms with Crippen molar-refractivity contribution in [3.05, 3.63) is 0 Å². The average Bonchev–Trinajstić information content (AvgIpc) is 2.91. The van der Waals surface area contributed by atoms with Crippen LogP contribution in [0, 0.1) is 17.8 Å². The first-order valence-electron chi connectivity index (χ1n) is 7.16. The molecule has 0 aromatic rings. The lowest BCUT2D eigenvalue weighted by Gasteiger charge is -2.31. The second-order valence-electron chi connectivity index (χ2n) is 5.56. The predicted octanol–water partition coefficient (Wildman–Crippen LogP) is 2.83. The normalized spacial score (nSPS) is 34.5. The highest BCUT2D eigenvalue weighted by atomic mass is 16.5. The number of hydrogen-bond acceptors (Lipinski definition) is 2. The van der Waals surface area contributed by atoms with Crippen LogP contribution in [0.4, 0.5) is 0 Å². The fourth-order valence-electron chi connectivity index (χ4n) is 3.70. The molecule has 0 aromatic heterocycles. The molecule has 2 fully saturated rings. The van der Waals surface area contributed by atoms with Gasteiger partial charge in [-0.3, -0.25) is 0 Å². The SMILES string of the molecule is CCCNC(COCC)C1CC2CCC1C2. The lowest BCUT2D eigenvalue weighted by molar-refractivity contribution is 0.0884. The number of rotatable bonds is 7. The van der Waals surface area contributed by atoms with Gasteiger partial charge in [0, 0.05) is 12.6 Å². The highest BCUT2D eigenvalue weighted by molar-refractivity contribution is 4.95. The smallest absolute Gasteiger partial charge is 0.0622 e. The van der Waals surface area contributed by atoms with Crippen LogP contribution in [0.2, 0.25) is 0 Å². The Hall–Kier alpha value is -0.0800. The Labute approximate surface area is 100 Å². The van der Waals surface area contributed by atoms with Gasteiger partial charge in [-0.15, -0.1) is 0 Å². The van der Waals surface area contributed by atoms with Gasteiger partial charge in [0.1, 0.15) is 0 Å². The molecule has 2 rings (SSSR count). The van der Waals surface area contributed by atoms with Gasteiger partial charge in [0.15, 0.2) is 0 Å². The number of ether oxygens (including phenoxy) is 1. The van der Waals surface area contributed by atoms with Crippen LogP contribution >= 0.6 is 0 Å². The van der Waals surface area contributed by atoms with Gasteiger partial charge in [-0.25, -0.2) is 0 Å². The minimum Gasteiger partial charge on any atom is -0.380 e. The molecule has 0 amide bonds. The standard InChI is InChI=1S/C14H27NO/c1-3-7-15-14(10-16-4-2)13-9-11-5-6-12(13)8-11/h11-15H,3-10H2,1-2H3. The van der Waals surface area contributed by atoms with Crippen molar-refractivity contribution in [2.45, 2.75) is 52.0 Å². The molecule has 0 aliphatic heterocycles. The molecule has 0 radical (unpaired) electrons. The van der Waals surface area contributed by atoms with E-state index in [1.54, 1.807) is 0 Å². The second-order valence-corrected chi connectivity index (χ2v) is 5.56. The molecule has 0 heterocycles. The minimum absolute atomic E-state index is 0.621. The maximum atomic E-state index is 5.65. The highest BCUT2D eigenvalue weighted by Crippen LogP contribution is 2.49. The molecule has 0 saturated heterocycles. The molecule has 2 saturated carbocycles. The quantitative estimate of drug-likeness (QED) is 0.719. The number of hydrogen-bond donors (Lipinski definition) is 1. The molecule has 16 heavy (non-hydrogen) atoms. The molecule has 0 spiro atoms. The van der Waals surface area contributed by atoms with Crippen LogP contribution in [0.15, 0.2) is 0 Å². The van der Waals surface area contributed by atoms with Crippen LogP contribution in [0.5, 0.6) is 0 Å². The van der Waals surface area contributed by atoms with E-state index in [0.717, 1.165) is 37.5 Å². The van der Waals surface area contributed by atoms with Crippen molar-refractivity contribution in [3.63, 3.8) is 0 Å². The molecule has 1 N–H and O–H groups in total. The summed E-state index contributed by atoms with van der Waals surface area (Å²) in [6.45, 7) is 7.25. The third-order valence-electron chi connectivity index (χ3n) is 4.47. The zero-order valence-electron chi connectivity index (χ0n) is 10.9. The summed E-state index contributed by atoms with van der Waals surface area (Å²) in [4.78, 5) is 0. The van der Waals surface area contributed by atoms with Crippen molar-refractivity contribution >= 4 is 0 Å². The van der Waals surface area contributed by atoms with Gasteiger partial charge in [-0.2, -0.15) is 0 Å². The van der Waals surface area contributed by atoms with Crippen LogP contribution in [-0.2, 0) is 4.74 Å². The Bertz CT molecular complexity index is 199. The van der Waals surface area contributed by atoms with Gasteiger partial charge in [-0.05, 0) is 56.9 Å². The molecule has 94 valence electrons. The Morgan fingerprint density at radius 3 is 2.69 bits per heavy atom. The Balaban J connectivity index is 1.84. The molecule has 2 aliphatic carbocycles. The lowest BCUT2D eigenvalue weighted by Crippen LogP contribution is -2.42. The summed E-state index contributed by atoms with van der Waals surface area (Å²) in [5, 5.41) is 3.71. The zero-order valence-corrected chi connectivity index (χ0v) is 10.9. The van der Waals surface area contributed by atoms with E-state index in [1.807, 2.05) is 0 Å². The van der Waals surface area contributed by atoms with Crippen molar-refractivity contribution < 1.29 is 4.74 Å². The number of fused-ring (bicyclic) bond motifs is 2. The largest absolute Gasteiger partial charge is 0.380 e. The van der Waals surface area contributed by atoms with Crippen LogP contribution < -0.4 is 5.32 Å². The fourth-order valence-corrected chi connectivity index (χ4v) is 3.70. The van der Waals surface area contributed by atoms with E-state index in [4.69, 9.17) is 4.74 Å². The molecule has 4 unspecified atom stereocenters. The third-order valence-corrected chi connectivity index (χ3v) is 4.47. The van der Waals surface area contributed by atoms with Gasteiger partial charge in [0.05, 0.1) is 6.61 Å². The van der Waals surface area contributed by atoms with Gasteiger partial charge in [-0.1, -0.05) is 13.3 Å².